The maximum Gasteiger partial charge on any atom is 0.203 e. The first-order valence-corrected chi connectivity index (χ1v) is 3.31. The van der Waals surface area contributed by atoms with E-state index in [0.29, 0.717) is 6.61 Å². The van der Waals surface area contributed by atoms with Gasteiger partial charge in [0.05, 0.1) is 6.61 Å². The smallest absolute Gasteiger partial charge is 0.203 e. The Bertz CT molecular complexity index is 225. The van der Waals surface area contributed by atoms with Crippen molar-refractivity contribution in [1.82, 2.24) is 0 Å². The number of hydrogen-bond donors (Lipinski definition) is 2. The molecule has 1 rings (SSSR count). The molecule has 0 spiro atoms. The second kappa shape index (κ2) is 3.14. The van der Waals surface area contributed by atoms with Gasteiger partial charge in [-0.05, 0) is 19.1 Å². The molecule has 0 unspecified atom stereocenters. The van der Waals surface area contributed by atoms with E-state index in [1.165, 1.54) is 12.1 Å². The average molecular weight is 153 g/mol. The quantitative estimate of drug-likeness (QED) is 0.673. The fourth-order valence-electron chi connectivity index (χ4n) is 0.749. The normalized spacial score (nSPS) is 9.55. The van der Waals surface area contributed by atoms with E-state index < -0.39 is 0 Å². The molecule has 59 valence electrons. The van der Waals surface area contributed by atoms with Crippen LogP contribution in [0.5, 0.6) is 17.2 Å². The molecular formula is C8H9O3. The Balaban J connectivity index is 3.00. The van der Waals surface area contributed by atoms with Crippen molar-refractivity contribution in [3.63, 3.8) is 0 Å². The van der Waals surface area contributed by atoms with Crippen LogP contribution in [0.2, 0.25) is 0 Å². The number of hydrogen-bond acceptors (Lipinski definition) is 3. The van der Waals surface area contributed by atoms with E-state index in [-0.39, 0.29) is 17.2 Å². The molecule has 1 radical (unpaired) electrons. The zero-order chi connectivity index (χ0) is 8.27. The molecule has 0 aromatic heterocycles. The summed E-state index contributed by atoms with van der Waals surface area (Å²) < 4.78 is 4.94. The average Bonchev–Trinajstić information content (AvgIpc) is 1.97. The van der Waals surface area contributed by atoms with Crippen LogP contribution in [-0.2, 0) is 0 Å². The van der Waals surface area contributed by atoms with E-state index in [9.17, 15) is 0 Å². The van der Waals surface area contributed by atoms with Crippen molar-refractivity contribution >= 4 is 0 Å². The van der Waals surface area contributed by atoms with E-state index in [1.54, 1.807) is 6.92 Å². The SMILES string of the molecule is CCOc1c(O)[c]ccc1O. The van der Waals surface area contributed by atoms with Crippen LogP contribution >= 0.6 is 0 Å². The van der Waals surface area contributed by atoms with E-state index in [1.807, 2.05) is 0 Å². The molecule has 3 heteroatoms. The maximum atomic E-state index is 9.12. The van der Waals surface area contributed by atoms with E-state index in [2.05, 4.69) is 6.07 Å². The number of benzene rings is 1. The van der Waals surface area contributed by atoms with Gasteiger partial charge in [-0.2, -0.15) is 0 Å². The van der Waals surface area contributed by atoms with Gasteiger partial charge in [0.2, 0.25) is 5.75 Å². The molecular weight excluding hydrogens is 144 g/mol. The number of ether oxygens (including phenoxy) is 1. The molecule has 0 amide bonds. The number of aromatic hydroxyl groups is 2. The molecule has 3 nitrogen and oxygen atoms in total. The van der Waals surface area contributed by atoms with Crippen LogP contribution in [0.4, 0.5) is 0 Å². The van der Waals surface area contributed by atoms with Gasteiger partial charge in [0.1, 0.15) is 0 Å². The predicted octanol–water partition coefficient (Wildman–Crippen LogP) is 1.30. The van der Waals surface area contributed by atoms with Crippen LogP contribution in [0, 0.1) is 6.07 Å². The Labute approximate surface area is 64.9 Å². The standard InChI is InChI=1S/C8H9O3/c1-2-11-8-6(9)4-3-5-7(8)10/h3-4,9-10H,2H2,1H3. The van der Waals surface area contributed by atoms with Crippen molar-refractivity contribution < 1.29 is 14.9 Å². The van der Waals surface area contributed by atoms with Crippen molar-refractivity contribution in [3.8, 4) is 17.2 Å². The third kappa shape index (κ3) is 1.55. The zero-order valence-corrected chi connectivity index (χ0v) is 6.16. The fourth-order valence-corrected chi connectivity index (χ4v) is 0.749. The van der Waals surface area contributed by atoms with Gasteiger partial charge in [-0.1, -0.05) is 0 Å². The second-order valence-corrected chi connectivity index (χ2v) is 1.97. The van der Waals surface area contributed by atoms with Gasteiger partial charge in [-0.25, -0.2) is 0 Å². The van der Waals surface area contributed by atoms with Crippen LogP contribution < -0.4 is 4.74 Å². The molecule has 0 atom stereocenters. The minimum Gasteiger partial charge on any atom is -0.504 e. The van der Waals surface area contributed by atoms with Crippen molar-refractivity contribution in [3.05, 3.63) is 18.2 Å². The summed E-state index contributed by atoms with van der Waals surface area (Å²) in [5.74, 6) is -0.134. The van der Waals surface area contributed by atoms with Crippen molar-refractivity contribution in [2.45, 2.75) is 6.92 Å². The molecule has 0 aliphatic heterocycles. The molecule has 1 aromatic rings. The fraction of sp³-hybridized carbons (Fsp3) is 0.250. The van der Waals surface area contributed by atoms with Crippen LogP contribution in [0.15, 0.2) is 12.1 Å². The van der Waals surface area contributed by atoms with Crippen LogP contribution in [0.3, 0.4) is 0 Å². The van der Waals surface area contributed by atoms with Gasteiger partial charge in [0.25, 0.3) is 0 Å². The molecule has 0 aliphatic carbocycles. The summed E-state index contributed by atoms with van der Waals surface area (Å²) in [5, 5.41) is 18.2. The Kier molecular flexibility index (Phi) is 2.21. The zero-order valence-electron chi connectivity index (χ0n) is 6.16. The molecule has 0 fully saturated rings. The van der Waals surface area contributed by atoms with Gasteiger partial charge >= 0.3 is 0 Å². The third-order valence-corrected chi connectivity index (χ3v) is 1.20. The highest BCUT2D eigenvalue weighted by Gasteiger charge is 2.06. The predicted molar refractivity (Wildman–Crippen MR) is 39.8 cm³/mol. The van der Waals surface area contributed by atoms with E-state index in [0.717, 1.165) is 0 Å². The highest BCUT2D eigenvalue weighted by Crippen LogP contribution is 2.34. The van der Waals surface area contributed by atoms with Crippen molar-refractivity contribution in [2.24, 2.45) is 0 Å². The summed E-state index contributed by atoms with van der Waals surface area (Å²) in [6, 6.07) is 5.33. The van der Waals surface area contributed by atoms with Crippen LogP contribution in [-0.4, -0.2) is 16.8 Å². The lowest BCUT2D eigenvalue weighted by atomic mass is 10.3. The number of phenolic OH excluding ortho intramolecular Hbond substituents is 2. The Hall–Kier alpha value is -1.38. The second-order valence-electron chi connectivity index (χ2n) is 1.97. The molecule has 11 heavy (non-hydrogen) atoms. The molecule has 0 saturated carbocycles. The van der Waals surface area contributed by atoms with Crippen molar-refractivity contribution in [1.29, 1.82) is 0 Å². The maximum absolute atomic E-state index is 9.12. The summed E-state index contributed by atoms with van der Waals surface area (Å²) in [4.78, 5) is 0. The first-order valence-electron chi connectivity index (χ1n) is 3.31. The molecule has 0 aliphatic rings. The summed E-state index contributed by atoms with van der Waals surface area (Å²) in [7, 11) is 0. The van der Waals surface area contributed by atoms with Crippen molar-refractivity contribution in [2.75, 3.05) is 6.61 Å². The lowest BCUT2D eigenvalue weighted by Gasteiger charge is -2.05. The molecule has 0 bridgehead atoms. The highest BCUT2D eigenvalue weighted by molar-refractivity contribution is 5.48. The minimum absolute atomic E-state index is 0.0666. The lowest BCUT2D eigenvalue weighted by Crippen LogP contribution is -1.91. The summed E-state index contributed by atoms with van der Waals surface area (Å²) in [6.45, 7) is 2.17. The first-order chi connectivity index (χ1) is 5.25. The monoisotopic (exact) mass is 153 g/mol. The van der Waals surface area contributed by atoms with Gasteiger partial charge in [0, 0.05) is 6.07 Å². The Morgan fingerprint density at radius 2 is 2.27 bits per heavy atom. The lowest BCUT2D eigenvalue weighted by molar-refractivity contribution is 0.298. The number of rotatable bonds is 2. The summed E-state index contributed by atoms with van der Waals surface area (Å²) >= 11 is 0. The Morgan fingerprint density at radius 1 is 1.55 bits per heavy atom. The number of phenols is 2. The van der Waals surface area contributed by atoms with Crippen LogP contribution in [0.1, 0.15) is 6.92 Å². The van der Waals surface area contributed by atoms with Gasteiger partial charge in [-0.15, -0.1) is 0 Å². The molecule has 1 aromatic carbocycles. The molecule has 0 saturated heterocycles. The minimum atomic E-state index is -0.160. The topological polar surface area (TPSA) is 49.7 Å². The molecule has 0 heterocycles. The van der Waals surface area contributed by atoms with Gasteiger partial charge in [-0.3, -0.25) is 0 Å². The van der Waals surface area contributed by atoms with E-state index >= 15 is 0 Å². The van der Waals surface area contributed by atoms with Gasteiger partial charge in [0.15, 0.2) is 11.5 Å². The summed E-state index contributed by atoms with van der Waals surface area (Å²) in [5.41, 5.74) is 0. The summed E-state index contributed by atoms with van der Waals surface area (Å²) in [6.07, 6.45) is 0. The highest BCUT2D eigenvalue weighted by atomic mass is 16.5. The van der Waals surface area contributed by atoms with Crippen LogP contribution in [0.25, 0.3) is 0 Å². The van der Waals surface area contributed by atoms with E-state index in [4.69, 9.17) is 14.9 Å². The third-order valence-electron chi connectivity index (χ3n) is 1.20. The Morgan fingerprint density at radius 3 is 2.82 bits per heavy atom. The molecule has 2 N–H and O–H groups in total. The first kappa shape index (κ1) is 7.72. The largest absolute Gasteiger partial charge is 0.504 e. The van der Waals surface area contributed by atoms with Gasteiger partial charge < -0.3 is 14.9 Å².